The Morgan fingerprint density at radius 3 is 3.08 bits per heavy atom. The van der Waals surface area contributed by atoms with Gasteiger partial charge in [-0.3, -0.25) is 9.59 Å². The van der Waals surface area contributed by atoms with E-state index >= 15 is 0 Å². The second-order valence-corrected chi connectivity index (χ2v) is 7.18. The van der Waals surface area contributed by atoms with Crippen LogP contribution in [0.1, 0.15) is 29.4 Å². The molecule has 2 atom stereocenters. The molecule has 3 heterocycles. The van der Waals surface area contributed by atoms with E-state index in [9.17, 15) is 9.59 Å². The van der Waals surface area contributed by atoms with Crippen molar-refractivity contribution in [3.63, 3.8) is 0 Å². The van der Waals surface area contributed by atoms with Crippen molar-refractivity contribution in [1.82, 2.24) is 19.8 Å². The molecule has 2 aromatic rings. The Bertz CT molecular complexity index is 669. The Labute approximate surface area is 145 Å². The largest absolute Gasteiger partial charge is 0.352 e. The van der Waals surface area contributed by atoms with Crippen LogP contribution in [0, 0.1) is 5.92 Å². The minimum Gasteiger partial charge on any atom is -0.352 e. The van der Waals surface area contributed by atoms with Gasteiger partial charge in [0, 0.05) is 38.1 Å². The van der Waals surface area contributed by atoms with Gasteiger partial charge in [-0.05, 0) is 31.2 Å². The van der Waals surface area contributed by atoms with Crippen molar-refractivity contribution in [2.45, 2.75) is 32.4 Å². The monoisotopic (exact) mass is 346 g/mol. The maximum Gasteiger partial charge on any atom is 0.263 e. The maximum absolute atomic E-state index is 12.5. The standard InChI is InChI=1S/C17H22N4O2S/c1-13(10-20-8-6-18-12-20)19-16(22)14-4-2-7-21(11-14)17(23)15-5-3-9-24-15/h3,5-6,8-9,12-14H,2,4,7,10-11H2,1H3,(H,19,22)/t13-,14-/m0/s1. The molecule has 0 unspecified atom stereocenters. The number of nitrogens with one attached hydrogen (secondary N) is 1. The number of thiophene rings is 1. The van der Waals surface area contributed by atoms with Crippen LogP contribution >= 0.6 is 11.3 Å². The zero-order valence-electron chi connectivity index (χ0n) is 13.7. The Kier molecular flexibility index (Phi) is 5.30. The Morgan fingerprint density at radius 2 is 2.38 bits per heavy atom. The van der Waals surface area contributed by atoms with E-state index in [2.05, 4.69) is 10.3 Å². The summed E-state index contributed by atoms with van der Waals surface area (Å²) in [6.45, 7) is 3.90. The van der Waals surface area contributed by atoms with Crippen LogP contribution in [-0.2, 0) is 11.3 Å². The van der Waals surface area contributed by atoms with Crippen LogP contribution < -0.4 is 5.32 Å². The van der Waals surface area contributed by atoms with Gasteiger partial charge in [0.2, 0.25) is 5.91 Å². The summed E-state index contributed by atoms with van der Waals surface area (Å²) in [6, 6.07) is 3.74. The van der Waals surface area contributed by atoms with Crippen LogP contribution in [0.2, 0.25) is 0 Å². The molecule has 1 aliphatic rings. The first-order valence-electron chi connectivity index (χ1n) is 8.22. The second kappa shape index (κ2) is 7.61. The Hall–Kier alpha value is -2.15. The predicted molar refractivity (Wildman–Crippen MR) is 92.8 cm³/mol. The number of aromatic nitrogens is 2. The van der Waals surface area contributed by atoms with E-state index in [0.29, 0.717) is 13.1 Å². The number of imidazole rings is 1. The Balaban J connectivity index is 1.54. The number of likely N-dealkylation sites (tertiary alicyclic amines) is 1. The molecule has 24 heavy (non-hydrogen) atoms. The fourth-order valence-electron chi connectivity index (χ4n) is 3.05. The number of rotatable bonds is 5. The van der Waals surface area contributed by atoms with Gasteiger partial charge in [-0.1, -0.05) is 6.07 Å². The van der Waals surface area contributed by atoms with Crippen molar-refractivity contribution >= 4 is 23.2 Å². The van der Waals surface area contributed by atoms with Gasteiger partial charge in [-0.2, -0.15) is 0 Å². The molecule has 1 N–H and O–H groups in total. The van der Waals surface area contributed by atoms with E-state index in [1.807, 2.05) is 35.2 Å². The highest BCUT2D eigenvalue weighted by Gasteiger charge is 2.29. The van der Waals surface area contributed by atoms with Crippen molar-refractivity contribution in [2.24, 2.45) is 5.92 Å². The van der Waals surface area contributed by atoms with Crippen LogP contribution in [0.3, 0.4) is 0 Å². The minimum atomic E-state index is -0.132. The first-order chi connectivity index (χ1) is 11.6. The summed E-state index contributed by atoms with van der Waals surface area (Å²) < 4.78 is 1.94. The molecule has 0 spiro atoms. The fraction of sp³-hybridized carbons (Fsp3) is 0.471. The van der Waals surface area contributed by atoms with E-state index in [1.54, 1.807) is 17.4 Å². The van der Waals surface area contributed by atoms with E-state index in [1.165, 1.54) is 11.3 Å². The van der Waals surface area contributed by atoms with Crippen LogP contribution in [0.5, 0.6) is 0 Å². The molecule has 3 rings (SSSR count). The van der Waals surface area contributed by atoms with E-state index in [-0.39, 0.29) is 23.8 Å². The van der Waals surface area contributed by atoms with Crippen LogP contribution in [0.25, 0.3) is 0 Å². The van der Waals surface area contributed by atoms with Crippen LogP contribution in [0.15, 0.2) is 36.2 Å². The van der Waals surface area contributed by atoms with Crippen molar-refractivity contribution in [3.8, 4) is 0 Å². The lowest BCUT2D eigenvalue weighted by Gasteiger charge is -2.32. The molecule has 1 aliphatic heterocycles. The third-order valence-corrected chi connectivity index (χ3v) is 5.10. The number of carbonyl (C=O) groups excluding carboxylic acids is 2. The number of hydrogen-bond acceptors (Lipinski definition) is 4. The van der Waals surface area contributed by atoms with Crippen molar-refractivity contribution in [2.75, 3.05) is 13.1 Å². The van der Waals surface area contributed by atoms with Gasteiger partial charge in [-0.25, -0.2) is 4.98 Å². The molecular formula is C17H22N4O2S. The SMILES string of the molecule is C[C@@H](Cn1ccnc1)NC(=O)[C@H]1CCCN(C(=O)c2cccs2)C1. The number of amides is 2. The number of nitrogens with zero attached hydrogens (tertiary/aromatic N) is 3. The topological polar surface area (TPSA) is 67.2 Å². The lowest BCUT2D eigenvalue weighted by Crippen LogP contribution is -2.47. The summed E-state index contributed by atoms with van der Waals surface area (Å²) >= 11 is 1.45. The summed E-state index contributed by atoms with van der Waals surface area (Å²) in [5.41, 5.74) is 0. The average molecular weight is 346 g/mol. The number of piperidine rings is 1. The molecule has 0 aliphatic carbocycles. The fourth-order valence-corrected chi connectivity index (χ4v) is 3.74. The lowest BCUT2D eigenvalue weighted by atomic mass is 9.96. The summed E-state index contributed by atoms with van der Waals surface area (Å²) in [5, 5.41) is 4.96. The Morgan fingerprint density at radius 1 is 1.50 bits per heavy atom. The summed E-state index contributed by atoms with van der Waals surface area (Å²) in [7, 11) is 0. The van der Waals surface area contributed by atoms with E-state index in [0.717, 1.165) is 24.3 Å². The molecule has 2 amide bonds. The molecule has 2 aromatic heterocycles. The van der Waals surface area contributed by atoms with Crippen molar-refractivity contribution < 1.29 is 9.59 Å². The van der Waals surface area contributed by atoms with Gasteiger partial charge in [0.25, 0.3) is 5.91 Å². The predicted octanol–water partition coefficient (Wildman–Crippen LogP) is 2.00. The summed E-state index contributed by atoms with van der Waals surface area (Å²) in [5.74, 6) is -0.0619. The molecule has 128 valence electrons. The average Bonchev–Trinajstić information content (AvgIpc) is 3.27. The highest BCUT2D eigenvalue weighted by Crippen LogP contribution is 2.20. The number of hydrogen-bond donors (Lipinski definition) is 1. The second-order valence-electron chi connectivity index (χ2n) is 6.24. The molecule has 0 radical (unpaired) electrons. The van der Waals surface area contributed by atoms with E-state index in [4.69, 9.17) is 0 Å². The highest BCUT2D eigenvalue weighted by molar-refractivity contribution is 7.12. The lowest BCUT2D eigenvalue weighted by molar-refractivity contribution is -0.127. The quantitative estimate of drug-likeness (QED) is 0.900. The van der Waals surface area contributed by atoms with Crippen LogP contribution in [-0.4, -0.2) is 45.4 Å². The molecular weight excluding hydrogens is 324 g/mol. The molecule has 7 heteroatoms. The maximum atomic E-state index is 12.5. The zero-order valence-corrected chi connectivity index (χ0v) is 14.5. The zero-order chi connectivity index (χ0) is 16.9. The van der Waals surface area contributed by atoms with E-state index < -0.39 is 0 Å². The third-order valence-electron chi connectivity index (χ3n) is 4.24. The summed E-state index contributed by atoms with van der Waals surface area (Å²) in [4.78, 5) is 31.5. The smallest absolute Gasteiger partial charge is 0.263 e. The van der Waals surface area contributed by atoms with Gasteiger partial charge in [0.1, 0.15) is 0 Å². The van der Waals surface area contributed by atoms with Crippen LogP contribution in [0.4, 0.5) is 0 Å². The van der Waals surface area contributed by atoms with Crippen molar-refractivity contribution in [3.05, 3.63) is 41.1 Å². The molecule has 1 fully saturated rings. The van der Waals surface area contributed by atoms with Gasteiger partial charge in [-0.15, -0.1) is 11.3 Å². The van der Waals surface area contributed by atoms with Gasteiger partial charge in [0.15, 0.2) is 0 Å². The third kappa shape index (κ3) is 4.03. The molecule has 0 saturated carbocycles. The minimum absolute atomic E-state index is 0.0232. The first-order valence-corrected chi connectivity index (χ1v) is 9.10. The molecule has 1 saturated heterocycles. The molecule has 0 bridgehead atoms. The normalized spacial score (nSPS) is 19.0. The van der Waals surface area contributed by atoms with Gasteiger partial charge in [0.05, 0.1) is 17.1 Å². The van der Waals surface area contributed by atoms with Gasteiger partial charge >= 0.3 is 0 Å². The first kappa shape index (κ1) is 16.7. The van der Waals surface area contributed by atoms with Gasteiger partial charge < -0.3 is 14.8 Å². The highest BCUT2D eigenvalue weighted by atomic mass is 32.1. The number of carbonyl (C=O) groups is 2. The molecule has 0 aromatic carbocycles. The van der Waals surface area contributed by atoms with Crippen molar-refractivity contribution in [1.29, 1.82) is 0 Å². The molecule has 6 nitrogen and oxygen atoms in total. The summed E-state index contributed by atoms with van der Waals surface area (Å²) in [6.07, 6.45) is 7.04.